The molecule has 39 heavy (non-hydrogen) atoms. The topological polar surface area (TPSA) is 51.1 Å². The second-order valence-electron chi connectivity index (χ2n) is 13.3. The molecule has 3 heterocycles. The van der Waals surface area contributed by atoms with Gasteiger partial charge in [0.2, 0.25) is 0 Å². The number of carbonyl (C=O) groups is 1. The van der Waals surface area contributed by atoms with Crippen molar-refractivity contribution in [2.75, 3.05) is 44.9 Å². The van der Waals surface area contributed by atoms with Gasteiger partial charge in [-0.3, -0.25) is 9.69 Å². The van der Waals surface area contributed by atoms with Crippen LogP contribution in [0, 0.1) is 23.2 Å². The van der Waals surface area contributed by atoms with Crippen LogP contribution in [0.3, 0.4) is 0 Å². The lowest BCUT2D eigenvalue weighted by Crippen LogP contribution is -2.52. The molecule has 3 aliphatic carbocycles. The number of aliphatic imine (C=N–C) groups is 1. The number of thioether (sulfide) groups is 1. The molecule has 2 saturated heterocycles. The normalized spacial score (nSPS) is 36.5. The average Bonchev–Trinajstić information content (AvgIpc) is 3.28. The number of rotatable bonds is 8. The summed E-state index contributed by atoms with van der Waals surface area (Å²) in [4.78, 5) is 22.9. The summed E-state index contributed by atoms with van der Waals surface area (Å²) in [5.74, 6) is 3.39. The van der Waals surface area contributed by atoms with E-state index in [1.54, 1.807) is 0 Å². The van der Waals surface area contributed by atoms with Crippen LogP contribution < -0.4 is 0 Å². The minimum Gasteiger partial charge on any atom is -0.381 e. The van der Waals surface area contributed by atoms with Crippen molar-refractivity contribution in [3.63, 3.8) is 0 Å². The number of hydrogen-bond donors (Lipinski definition) is 0. The Hall–Kier alpha value is -0.940. The first kappa shape index (κ1) is 26.9. The first-order valence-electron chi connectivity index (χ1n) is 15.6. The van der Waals surface area contributed by atoms with Gasteiger partial charge in [-0.25, -0.2) is 4.99 Å². The van der Waals surface area contributed by atoms with Crippen LogP contribution in [0.4, 0.5) is 0 Å². The van der Waals surface area contributed by atoms with Crippen LogP contribution in [0.1, 0.15) is 74.5 Å². The molecule has 3 aliphatic heterocycles. The first-order valence-corrected chi connectivity index (χ1v) is 18.0. The van der Waals surface area contributed by atoms with Crippen molar-refractivity contribution in [3.05, 3.63) is 34.9 Å². The summed E-state index contributed by atoms with van der Waals surface area (Å²) in [7, 11) is 2.90. The standard InChI is InChI=1S/C32H45N2O3PS/c1-36-27-8-12-31(13-9-27)17-26-7-6-23(5-4-22-2-3-22)16-28(26)32(31)29(35)34(18-24-11-15-38-20-24)30(33-32)39-21-25-10-14-37-19-25/h6-7,16,22,24-25,27,38H,2-5,8-15,17-21H2,1H3. The Kier molecular flexibility index (Phi) is 7.62. The summed E-state index contributed by atoms with van der Waals surface area (Å²) in [5.41, 5.74) is 3.13. The van der Waals surface area contributed by atoms with Crippen molar-refractivity contribution in [2.24, 2.45) is 28.2 Å². The van der Waals surface area contributed by atoms with E-state index in [0.717, 1.165) is 90.1 Å². The van der Waals surface area contributed by atoms with Crippen LogP contribution in [0.15, 0.2) is 23.2 Å². The molecule has 1 aromatic carbocycles. The van der Waals surface area contributed by atoms with E-state index >= 15 is 4.79 Å². The lowest BCUT2D eigenvalue weighted by Gasteiger charge is -2.45. The number of fused-ring (bicyclic) bond motifs is 3. The summed E-state index contributed by atoms with van der Waals surface area (Å²) in [5, 5.41) is 1.01. The van der Waals surface area contributed by atoms with Crippen molar-refractivity contribution < 1.29 is 14.3 Å². The second kappa shape index (κ2) is 11.0. The highest BCUT2D eigenvalue weighted by Crippen LogP contribution is 2.62. The van der Waals surface area contributed by atoms with Gasteiger partial charge in [0.15, 0.2) is 10.7 Å². The Morgan fingerprint density at radius 3 is 2.72 bits per heavy atom. The molecule has 0 N–H and O–H groups in total. The Morgan fingerprint density at radius 1 is 1.13 bits per heavy atom. The largest absolute Gasteiger partial charge is 0.381 e. The maximum absolute atomic E-state index is 15.0. The van der Waals surface area contributed by atoms with Gasteiger partial charge >= 0.3 is 0 Å². The van der Waals surface area contributed by atoms with E-state index in [0.29, 0.717) is 17.9 Å². The predicted molar refractivity (Wildman–Crippen MR) is 161 cm³/mol. The molecule has 2 spiro atoms. The maximum Gasteiger partial charge on any atom is 0.261 e. The first-order chi connectivity index (χ1) is 19.1. The van der Waals surface area contributed by atoms with Gasteiger partial charge in [-0.2, -0.15) is 0 Å². The highest BCUT2D eigenvalue weighted by atomic mass is 32.2. The highest BCUT2D eigenvalue weighted by molar-refractivity contribution is 8.13. The number of amides is 1. The Bertz CT molecular complexity index is 1100. The van der Waals surface area contributed by atoms with Crippen LogP contribution in [0.25, 0.3) is 0 Å². The summed E-state index contributed by atoms with van der Waals surface area (Å²) < 4.78 is 11.5. The van der Waals surface area contributed by atoms with Crippen LogP contribution in [0.2, 0.25) is 0 Å². The lowest BCUT2D eigenvalue weighted by molar-refractivity contribution is -0.138. The van der Waals surface area contributed by atoms with Crippen LogP contribution in [-0.2, 0) is 32.6 Å². The fourth-order valence-corrected chi connectivity index (χ4v) is 10.8. The average molecular weight is 569 g/mol. The van der Waals surface area contributed by atoms with Crippen molar-refractivity contribution in [1.82, 2.24) is 4.90 Å². The third-order valence-electron chi connectivity index (χ3n) is 10.7. The van der Waals surface area contributed by atoms with Gasteiger partial charge in [0.1, 0.15) is 0 Å². The minimum absolute atomic E-state index is 0.134. The van der Waals surface area contributed by atoms with E-state index in [-0.39, 0.29) is 11.3 Å². The molecule has 5 nitrogen and oxygen atoms in total. The number of nitrogens with zero attached hydrogens (tertiary/aromatic N) is 2. The molecule has 6 aliphatic rings. The molecule has 212 valence electrons. The molecule has 2 saturated carbocycles. The zero-order chi connectivity index (χ0) is 26.5. The predicted octanol–water partition coefficient (Wildman–Crippen LogP) is 6.02. The molecular formula is C32H45N2O3PS. The van der Waals surface area contributed by atoms with Gasteiger partial charge < -0.3 is 9.47 Å². The van der Waals surface area contributed by atoms with E-state index in [1.807, 2.05) is 18.9 Å². The molecular weight excluding hydrogens is 523 g/mol. The number of ether oxygens (including phenoxy) is 2. The molecule has 0 bridgehead atoms. The van der Waals surface area contributed by atoms with E-state index < -0.39 is 5.54 Å². The zero-order valence-corrected chi connectivity index (χ0v) is 25.4. The highest BCUT2D eigenvalue weighted by Gasteiger charge is 2.67. The molecule has 0 radical (unpaired) electrons. The number of aryl methyl sites for hydroxylation is 1. The van der Waals surface area contributed by atoms with Crippen molar-refractivity contribution in [2.45, 2.75) is 82.3 Å². The van der Waals surface area contributed by atoms with Gasteiger partial charge in [0.05, 0.1) is 12.7 Å². The number of benzene rings is 1. The minimum atomic E-state index is -0.758. The van der Waals surface area contributed by atoms with Crippen molar-refractivity contribution in [3.8, 4) is 0 Å². The SMILES string of the molecule is COC1CCC2(CC1)Cc1ccc(CCC3CC3)cc1C21N=C(SCC2CCOC2)N(CC2CCPC2)C1=O. The van der Waals surface area contributed by atoms with Gasteiger partial charge in [0.25, 0.3) is 5.91 Å². The maximum atomic E-state index is 15.0. The number of hydrogen-bond acceptors (Lipinski definition) is 5. The van der Waals surface area contributed by atoms with Crippen molar-refractivity contribution >= 4 is 31.4 Å². The van der Waals surface area contributed by atoms with Gasteiger partial charge in [-0.05, 0) is 105 Å². The summed E-state index contributed by atoms with van der Waals surface area (Å²) in [6.07, 6.45) is 15.5. The van der Waals surface area contributed by atoms with E-state index in [1.165, 1.54) is 54.7 Å². The van der Waals surface area contributed by atoms with Crippen LogP contribution in [-0.4, -0.2) is 67.0 Å². The summed E-state index contributed by atoms with van der Waals surface area (Å²) >= 11 is 1.84. The fraction of sp³-hybridized carbons (Fsp3) is 0.750. The monoisotopic (exact) mass is 568 g/mol. The smallest absolute Gasteiger partial charge is 0.261 e. The number of methoxy groups -OCH3 is 1. The molecule has 4 fully saturated rings. The van der Waals surface area contributed by atoms with Gasteiger partial charge in [-0.1, -0.05) is 42.8 Å². The Labute approximate surface area is 240 Å². The number of amidine groups is 1. The molecule has 1 aromatic rings. The van der Waals surface area contributed by atoms with Gasteiger partial charge in [0, 0.05) is 31.4 Å². The molecule has 1 amide bonds. The lowest BCUT2D eigenvalue weighted by atomic mass is 9.61. The molecule has 4 atom stereocenters. The molecule has 4 unspecified atom stereocenters. The van der Waals surface area contributed by atoms with Crippen LogP contribution >= 0.6 is 20.3 Å². The quantitative estimate of drug-likeness (QED) is 0.360. The fourth-order valence-electron chi connectivity index (χ4n) is 8.11. The summed E-state index contributed by atoms with van der Waals surface area (Å²) in [6.45, 7) is 2.57. The summed E-state index contributed by atoms with van der Waals surface area (Å²) in [6, 6.07) is 7.14. The molecule has 7 rings (SSSR count). The van der Waals surface area contributed by atoms with Crippen LogP contribution in [0.5, 0.6) is 0 Å². The van der Waals surface area contributed by atoms with E-state index in [2.05, 4.69) is 23.1 Å². The molecule has 0 aromatic heterocycles. The third kappa shape index (κ3) is 4.94. The third-order valence-corrected chi connectivity index (χ3v) is 13.5. The van der Waals surface area contributed by atoms with Crippen molar-refractivity contribution in [1.29, 1.82) is 0 Å². The Morgan fingerprint density at radius 2 is 2.00 bits per heavy atom. The number of carbonyl (C=O) groups excluding carboxylic acids is 1. The second-order valence-corrected chi connectivity index (χ2v) is 15.7. The van der Waals surface area contributed by atoms with E-state index in [9.17, 15) is 0 Å². The van der Waals surface area contributed by atoms with Gasteiger partial charge in [-0.15, -0.1) is 8.58 Å². The molecule has 7 heteroatoms. The van der Waals surface area contributed by atoms with E-state index in [4.69, 9.17) is 14.5 Å². The Balaban J connectivity index is 1.27. The zero-order valence-electron chi connectivity index (χ0n) is 23.6.